The molecule has 0 fully saturated rings. The van der Waals surface area contributed by atoms with Gasteiger partial charge in [-0.2, -0.15) is 5.10 Å². The second-order valence-electron chi connectivity index (χ2n) is 5.61. The van der Waals surface area contributed by atoms with Gasteiger partial charge in [-0.3, -0.25) is 10.2 Å². The van der Waals surface area contributed by atoms with Crippen LogP contribution in [0, 0.1) is 0 Å². The first-order chi connectivity index (χ1) is 11.3. The van der Waals surface area contributed by atoms with Crippen molar-refractivity contribution in [2.75, 3.05) is 12.5 Å². The van der Waals surface area contributed by atoms with Crippen LogP contribution in [-0.4, -0.2) is 18.8 Å². The van der Waals surface area contributed by atoms with E-state index in [0.29, 0.717) is 6.42 Å². The quantitative estimate of drug-likeness (QED) is 0.691. The molecule has 4 nitrogen and oxygen atoms in total. The Hall–Kier alpha value is -2.62. The molecule has 1 N–H and O–H groups in total. The fourth-order valence-corrected chi connectivity index (χ4v) is 2.98. The van der Waals surface area contributed by atoms with Crippen LogP contribution < -0.4 is 5.43 Å². The normalized spacial score (nSPS) is 18.3. The van der Waals surface area contributed by atoms with E-state index in [0.717, 1.165) is 24.2 Å². The first-order valence-electron chi connectivity index (χ1n) is 7.80. The number of hydrogen-bond donors (Lipinski definition) is 1. The molecule has 0 saturated heterocycles. The number of ether oxygens (including phenoxy) is 1. The molecule has 0 bridgehead atoms. The van der Waals surface area contributed by atoms with Gasteiger partial charge in [0.25, 0.3) is 0 Å². The highest BCUT2D eigenvalue weighted by Gasteiger charge is 2.28. The highest BCUT2D eigenvalue weighted by Crippen LogP contribution is 2.32. The molecule has 1 aliphatic rings. The number of rotatable bonds is 4. The molecule has 0 saturated carbocycles. The highest BCUT2D eigenvalue weighted by atomic mass is 16.5. The van der Waals surface area contributed by atoms with Gasteiger partial charge in [-0.05, 0) is 36.1 Å². The first-order valence-corrected chi connectivity index (χ1v) is 7.80. The maximum Gasteiger partial charge on any atom is 0.306 e. The van der Waals surface area contributed by atoms with E-state index < -0.39 is 0 Å². The summed E-state index contributed by atoms with van der Waals surface area (Å²) in [6.07, 6.45) is 2.12. The van der Waals surface area contributed by atoms with Crippen molar-refractivity contribution in [3.05, 3.63) is 65.7 Å². The van der Waals surface area contributed by atoms with Crippen molar-refractivity contribution in [1.29, 1.82) is 0 Å². The molecule has 1 unspecified atom stereocenters. The van der Waals surface area contributed by atoms with Crippen molar-refractivity contribution < 1.29 is 9.53 Å². The summed E-state index contributed by atoms with van der Waals surface area (Å²) in [6.45, 7) is 0. The number of benzene rings is 2. The highest BCUT2D eigenvalue weighted by molar-refractivity contribution is 5.96. The first kappa shape index (κ1) is 15.3. The Morgan fingerprint density at radius 1 is 1.13 bits per heavy atom. The van der Waals surface area contributed by atoms with Crippen molar-refractivity contribution in [3.63, 3.8) is 0 Å². The second-order valence-corrected chi connectivity index (χ2v) is 5.61. The van der Waals surface area contributed by atoms with Crippen molar-refractivity contribution in [3.8, 4) is 0 Å². The van der Waals surface area contributed by atoms with Crippen LogP contribution in [0.4, 0.5) is 5.69 Å². The second kappa shape index (κ2) is 7.09. The fourth-order valence-electron chi connectivity index (χ4n) is 2.98. The predicted octanol–water partition coefficient (Wildman–Crippen LogP) is 3.75. The zero-order valence-electron chi connectivity index (χ0n) is 13.2. The molecule has 0 aromatic heterocycles. The van der Waals surface area contributed by atoms with Gasteiger partial charge in [-0.15, -0.1) is 0 Å². The van der Waals surface area contributed by atoms with Crippen LogP contribution in [-0.2, 0) is 16.0 Å². The van der Waals surface area contributed by atoms with Gasteiger partial charge >= 0.3 is 5.97 Å². The topological polar surface area (TPSA) is 50.7 Å². The Balaban J connectivity index is 1.87. The molecule has 2 aromatic rings. The summed E-state index contributed by atoms with van der Waals surface area (Å²) >= 11 is 0. The van der Waals surface area contributed by atoms with Crippen LogP contribution in [0.15, 0.2) is 59.7 Å². The summed E-state index contributed by atoms with van der Waals surface area (Å²) < 4.78 is 4.86. The van der Waals surface area contributed by atoms with Gasteiger partial charge in [0.2, 0.25) is 0 Å². The van der Waals surface area contributed by atoms with E-state index in [1.807, 2.05) is 42.5 Å². The number of anilines is 1. The van der Waals surface area contributed by atoms with Gasteiger partial charge in [0, 0.05) is 11.6 Å². The predicted molar refractivity (Wildman–Crippen MR) is 91.6 cm³/mol. The lowest BCUT2D eigenvalue weighted by Crippen LogP contribution is -2.24. The van der Waals surface area contributed by atoms with E-state index in [9.17, 15) is 4.79 Å². The molecule has 0 radical (unpaired) electrons. The third-order valence-electron chi connectivity index (χ3n) is 4.18. The summed E-state index contributed by atoms with van der Waals surface area (Å²) in [5.74, 6) is -0.234. The van der Waals surface area contributed by atoms with Gasteiger partial charge in [0.05, 0.1) is 19.2 Å². The van der Waals surface area contributed by atoms with E-state index in [4.69, 9.17) is 4.74 Å². The molecule has 3 rings (SSSR count). The largest absolute Gasteiger partial charge is 0.469 e. The number of esters is 1. The van der Waals surface area contributed by atoms with Crippen molar-refractivity contribution in [1.82, 2.24) is 0 Å². The van der Waals surface area contributed by atoms with E-state index in [-0.39, 0.29) is 11.9 Å². The van der Waals surface area contributed by atoms with Crippen LogP contribution in [0.3, 0.4) is 0 Å². The van der Waals surface area contributed by atoms with Gasteiger partial charge in [0.1, 0.15) is 0 Å². The van der Waals surface area contributed by atoms with Gasteiger partial charge in [-0.1, -0.05) is 42.5 Å². The van der Waals surface area contributed by atoms with Crippen LogP contribution in [0.25, 0.3) is 0 Å². The lowest BCUT2D eigenvalue weighted by Gasteiger charge is -2.26. The summed E-state index contributed by atoms with van der Waals surface area (Å²) in [7, 11) is 1.43. The molecule has 1 atom stereocenters. The molecule has 4 heteroatoms. The summed E-state index contributed by atoms with van der Waals surface area (Å²) in [4.78, 5) is 11.8. The van der Waals surface area contributed by atoms with Crippen LogP contribution in [0.5, 0.6) is 0 Å². The average molecular weight is 308 g/mol. The Morgan fingerprint density at radius 2 is 1.87 bits per heavy atom. The number of hydrogen-bond acceptors (Lipinski definition) is 4. The number of carbonyl (C=O) groups excluding carboxylic acids is 1. The number of methoxy groups -OCH3 is 1. The van der Waals surface area contributed by atoms with E-state index in [1.54, 1.807) is 0 Å². The summed E-state index contributed by atoms with van der Waals surface area (Å²) in [6, 6.07) is 18.1. The van der Waals surface area contributed by atoms with Crippen LogP contribution in [0.1, 0.15) is 29.9 Å². The summed E-state index contributed by atoms with van der Waals surface area (Å²) in [5.41, 5.74) is 7.51. The van der Waals surface area contributed by atoms with Gasteiger partial charge in [0.15, 0.2) is 0 Å². The van der Waals surface area contributed by atoms with E-state index in [1.165, 1.54) is 18.2 Å². The number of carbonyl (C=O) groups is 1. The molecular weight excluding hydrogens is 288 g/mol. The van der Waals surface area contributed by atoms with E-state index >= 15 is 0 Å². The SMILES string of the molecule is COC(=O)CC1/C(=N/Nc2ccccc2)CCc2ccccc21. The molecule has 0 spiro atoms. The third kappa shape index (κ3) is 3.59. The maximum absolute atomic E-state index is 11.8. The number of para-hydroxylation sites is 1. The number of nitrogens with zero attached hydrogens (tertiary/aromatic N) is 1. The number of aryl methyl sites for hydroxylation is 1. The molecule has 0 amide bonds. The Bertz CT molecular complexity index is 710. The molecule has 1 aliphatic carbocycles. The Morgan fingerprint density at radius 3 is 2.65 bits per heavy atom. The van der Waals surface area contributed by atoms with Crippen molar-refractivity contribution in [2.24, 2.45) is 5.10 Å². The standard InChI is InChI=1S/C19H20N2O2/c1-23-19(22)13-17-16-10-6-5-7-14(16)11-12-18(17)21-20-15-8-3-2-4-9-15/h2-10,17,20H,11-13H2,1H3/b21-18+. The van der Waals surface area contributed by atoms with Crippen molar-refractivity contribution in [2.45, 2.75) is 25.2 Å². The molecule has 118 valence electrons. The Kier molecular flexibility index (Phi) is 4.71. The minimum absolute atomic E-state index is 0.0244. The number of nitrogens with one attached hydrogen (secondary N) is 1. The monoisotopic (exact) mass is 308 g/mol. The molecular formula is C19H20N2O2. The van der Waals surface area contributed by atoms with Gasteiger partial charge in [-0.25, -0.2) is 0 Å². The number of fused-ring (bicyclic) bond motifs is 1. The number of hydrazone groups is 1. The average Bonchev–Trinajstić information content (AvgIpc) is 2.61. The van der Waals surface area contributed by atoms with Crippen molar-refractivity contribution >= 4 is 17.4 Å². The molecule has 0 aliphatic heterocycles. The third-order valence-corrected chi connectivity index (χ3v) is 4.18. The molecule has 2 aromatic carbocycles. The zero-order chi connectivity index (χ0) is 16.1. The fraction of sp³-hybridized carbons (Fsp3) is 0.263. The smallest absolute Gasteiger partial charge is 0.306 e. The van der Waals surface area contributed by atoms with E-state index in [2.05, 4.69) is 22.7 Å². The van der Waals surface area contributed by atoms with Crippen LogP contribution in [0.2, 0.25) is 0 Å². The minimum atomic E-state index is -0.209. The minimum Gasteiger partial charge on any atom is -0.469 e. The molecule has 0 heterocycles. The molecule has 23 heavy (non-hydrogen) atoms. The van der Waals surface area contributed by atoms with Crippen LogP contribution >= 0.6 is 0 Å². The maximum atomic E-state index is 11.8. The summed E-state index contributed by atoms with van der Waals surface area (Å²) in [5, 5.41) is 4.58. The lowest BCUT2D eigenvalue weighted by atomic mass is 9.79. The lowest BCUT2D eigenvalue weighted by molar-refractivity contribution is -0.140. The zero-order valence-corrected chi connectivity index (χ0v) is 13.2. The Labute approximate surface area is 136 Å². The van der Waals surface area contributed by atoms with Gasteiger partial charge < -0.3 is 4.74 Å².